The first-order chi connectivity index (χ1) is 8.97. The van der Waals surface area contributed by atoms with Crippen LogP contribution >= 0.6 is 11.6 Å². The highest BCUT2D eigenvalue weighted by Crippen LogP contribution is 2.30. The number of rotatable bonds is 3. The number of aliphatic hydroxyl groups excluding tert-OH is 1. The third kappa shape index (κ3) is 3.25. The second-order valence-corrected chi connectivity index (χ2v) is 5.01. The Morgan fingerprint density at radius 2 is 1.84 bits per heavy atom. The van der Waals surface area contributed by atoms with Crippen LogP contribution in [0.15, 0.2) is 30.5 Å². The smallest absolute Gasteiger partial charge is 0.219 e. The van der Waals surface area contributed by atoms with Gasteiger partial charge in [-0.25, -0.2) is 4.98 Å². The van der Waals surface area contributed by atoms with Crippen molar-refractivity contribution >= 4 is 11.6 Å². The summed E-state index contributed by atoms with van der Waals surface area (Å²) >= 11 is 5.98. The molecule has 0 amide bonds. The summed E-state index contributed by atoms with van der Waals surface area (Å²) in [6.07, 6.45) is 1.08. The van der Waals surface area contributed by atoms with Crippen LogP contribution in [0.5, 0.6) is 11.6 Å². The van der Waals surface area contributed by atoms with Crippen LogP contribution in [-0.2, 0) is 0 Å². The lowest BCUT2D eigenvalue weighted by molar-refractivity contribution is 0.198. The van der Waals surface area contributed by atoms with Gasteiger partial charge in [-0.15, -0.1) is 0 Å². The van der Waals surface area contributed by atoms with E-state index >= 15 is 0 Å². The van der Waals surface area contributed by atoms with Crippen molar-refractivity contribution in [2.75, 3.05) is 0 Å². The molecule has 1 aromatic heterocycles. The molecule has 0 fully saturated rings. The molecule has 0 spiro atoms. The predicted octanol–water partition coefficient (Wildman–Crippen LogP) is 4.20. The minimum Gasteiger partial charge on any atom is -0.438 e. The van der Waals surface area contributed by atoms with Gasteiger partial charge in [0.25, 0.3) is 0 Å². The fourth-order valence-electron chi connectivity index (χ4n) is 1.86. The molecule has 1 aromatic carbocycles. The molecular formula is C15H16ClNO2. The Bertz CT molecular complexity index is 556. The van der Waals surface area contributed by atoms with Crippen molar-refractivity contribution in [3.05, 3.63) is 52.2 Å². The minimum absolute atomic E-state index is 0.498. The largest absolute Gasteiger partial charge is 0.438 e. The van der Waals surface area contributed by atoms with E-state index in [2.05, 4.69) is 4.98 Å². The highest BCUT2D eigenvalue weighted by atomic mass is 35.5. The Morgan fingerprint density at radius 3 is 2.32 bits per heavy atom. The molecule has 3 nitrogen and oxygen atoms in total. The Morgan fingerprint density at radius 1 is 1.21 bits per heavy atom. The van der Waals surface area contributed by atoms with Crippen molar-refractivity contribution in [2.45, 2.75) is 26.9 Å². The number of hydrogen-bond acceptors (Lipinski definition) is 3. The maximum absolute atomic E-state index is 9.43. The van der Waals surface area contributed by atoms with Crippen LogP contribution in [0.3, 0.4) is 0 Å². The van der Waals surface area contributed by atoms with E-state index in [9.17, 15) is 5.11 Å². The molecule has 0 aliphatic carbocycles. The molecule has 0 aliphatic rings. The van der Waals surface area contributed by atoms with E-state index in [1.54, 1.807) is 25.3 Å². The zero-order valence-electron chi connectivity index (χ0n) is 11.1. The molecule has 1 heterocycles. The lowest BCUT2D eigenvalue weighted by atomic mass is 10.1. The molecule has 19 heavy (non-hydrogen) atoms. The third-order valence-corrected chi connectivity index (χ3v) is 3.09. The molecule has 0 radical (unpaired) electrons. The second kappa shape index (κ2) is 5.59. The average Bonchev–Trinajstić information content (AvgIpc) is 2.34. The predicted molar refractivity (Wildman–Crippen MR) is 75.9 cm³/mol. The maximum Gasteiger partial charge on any atom is 0.219 e. The van der Waals surface area contributed by atoms with Gasteiger partial charge >= 0.3 is 0 Å². The molecule has 0 saturated carbocycles. The van der Waals surface area contributed by atoms with Crippen LogP contribution < -0.4 is 4.74 Å². The lowest BCUT2D eigenvalue weighted by Gasteiger charge is -2.12. The Hall–Kier alpha value is -1.58. The molecule has 0 saturated heterocycles. The van der Waals surface area contributed by atoms with Crippen LogP contribution in [0, 0.1) is 13.8 Å². The van der Waals surface area contributed by atoms with Gasteiger partial charge in [0.1, 0.15) is 5.75 Å². The van der Waals surface area contributed by atoms with Gasteiger partial charge < -0.3 is 9.84 Å². The number of aliphatic hydroxyl groups is 1. The first-order valence-corrected chi connectivity index (χ1v) is 6.44. The number of benzene rings is 1. The molecule has 2 rings (SSSR count). The highest BCUT2D eigenvalue weighted by molar-refractivity contribution is 6.30. The first kappa shape index (κ1) is 13.8. The van der Waals surface area contributed by atoms with Gasteiger partial charge in [-0.1, -0.05) is 11.6 Å². The number of hydrogen-bond donors (Lipinski definition) is 1. The van der Waals surface area contributed by atoms with Crippen molar-refractivity contribution in [3.63, 3.8) is 0 Å². The van der Waals surface area contributed by atoms with Gasteiger partial charge in [0, 0.05) is 17.3 Å². The standard InChI is InChI=1S/C15H16ClNO2/c1-9-6-13(16)7-10(2)15(9)19-14-5-4-12(8-17-14)11(3)18/h4-8,11,18H,1-3H3/t11-/m0/s1. The summed E-state index contributed by atoms with van der Waals surface area (Å²) < 4.78 is 5.78. The average molecular weight is 278 g/mol. The van der Waals surface area contributed by atoms with Gasteiger partial charge in [0.15, 0.2) is 0 Å². The third-order valence-electron chi connectivity index (χ3n) is 2.87. The van der Waals surface area contributed by atoms with Crippen LogP contribution in [0.25, 0.3) is 0 Å². The molecule has 1 N–H and O–H groups in total. The summed E-state index contributed by atoms with van der Waals surface area (Å²) in [7, 11) is 0. The summed E-state index contributed by atoms with van der Waals surface area (Å²) in [5, 5.41) is 10.1. The summed E-state index contributed by atoms with van der Waals surface area (Å²) in [5.74, 6) is 1.26. The van der Waals surface area contributed by atoms with Gasteiger partial charge in [-0.05, 0) is 55.7 Å². The molecule has 4 heteroatoms. The number of aromatic nitrogens is 1. The van der Waals surface area contributed by atoms with E-state index in [0.29, 0.717) is 10.9 Å². The molecule has 0 aliphatic heterocycles. The van der Waals surface area contributed by atoms with Gasteiger partial charge in [-0.2, -0.15) is 0 Å². The number of nitrogens with zero attached hydrogens (tertiary/aromatic N) is 1. The van der Waals surface area contributed by atoms with Crippen LogP contribution in [0.4, 0.5) is 0 Å². The molecule has 0 unspecified atom stereocenters. The summed E-state index contributed by atoms with van der Waals surface area (Å²) in [6.45, 7) is 5.59. The van der Waals surface area contributed by atoms with Crippen molar-refractivity contribution in [3.8, 4) is 11.6 Å². The molecule has 1 atom stereocenters. The highest BCUT2D eigenvalue weighted by Gasteiger charge is 2.08. The van der Waals surface area contributed by atoms with E-state index < -0.39 is 6.10 Å². The normalized spacial score (nSPS) is 12.3. The quantitative estimate of drug-likeness (QED) is 0.914. The van der Waals surface area contributed by atoms with Crippen molar-refractivity contribution in [1.29, 1.82) is 0 Å². The monoisotopic (exact) mass is 277 g/mol. The van der Waals surface area contributed by atoms with Crippen molar-refractivity contribution in [2.24, 2.45) is 0 Å². The number of pyridine rings is 1. The van der Waals surface area contributed by atoms with E-state index in [1.807, 2.05) is 26.0 Å². The molecule has 0 bridgehead atoms. The summed E-state index contributed by atoms with van der Waals surface area (Å²) in [4.78, 5) is 4.18. The topological polar surface area (TPSA) is 42.4 Å². The molecule has 100 valence electrons. The fourth-order valence-corrected chi connectivity index (χ4v) is 2.19. The van der Waals surface area contributed by atoms with E-state index in [4.69, 9.17) is 16.3 Å². The van der Waals surface area contributed by atoms with Gasteiger partial charge in [0.2, 0.25) is 5.88 Å². The van der Waals surface area contributed by atoms with E-state index in [1.165, 1.54) is 0 Å². The maximum atomic E-state index is 9.43. The Labute approximate surface area is 117 Å². The van der Waals surface area contributed by atoms with Gasteiger partial charge in [-0.3, -0.25) is 0 Å². The number of aryl methyl sites for hydroxylation is 2. The zero-order chi connectivity index (χ0) is 14.0. The van der Waals surface area contributed by atoms with Crippen molar-refractivity contribution < 1.29 is 9.84 Å². The minimum atomic E-state index is -0.527. The first-order valence-electron chi connectivity index (χ1n) is 6.06. The van der Waals surface area contributed by atoms with Crippen LogP contribution in [0.2, 0.25) is 5.02 Å². The Balaban J connectivity index is 2.26. The Kier molecular flexibility index (Phi) is 4.08. The van der Waals surface area contributed by atoms with Gasteiger partial charge in [0.05, 0.1) is 6.10 Å². The second-order valence-electron chi connectivity index (χ2n) is 4.58. The summed E-state index contributed by atoms with van der Waals surface area (Å²) in [6, 6.07) is 7.26. The summed E-state index contributed by atoms with van der Waals surface area (Å²) in [5.41, 5.74) is 2.69. The fraction of sp³-hybridized carbons (Fsp3) is 0.267. The van der Waals surface area contributed by atoms with E-state index in [0.717, 1.165) is 22.4 Å². The molecular weight excluding hydrogens is 262 g/mol. The number of halogens is 1. The van der Waals surface area contributed by atoms with Crippen LogP contribution in [0.1, 0.15) is 29.7 Å². The van der Waals surface area contributed by atoms with Crippen LogP contribution in [-0.4, -0.2) is 10.1 Å². The van der Waals surface area contributed by atoms with Crippen molar-refractivity contribution in [1.82, 2.24) is 4.98 Å². The number of ether oxygens (including phenoxy) is 1. The SMILES string of the molecule is Cc1cc(Cl)cc(C)c1Oc1ccc([C@H](C)O)cn1. The lowest BCUT2D eigenvalue weighted by Crippen LogP contribution is -1.96. The van der Waals surface area contributed by atoms with E-state index in [-0.39, 0.29) is 0 Å². The zero-order valence-corrected chi connectivity index (χ0v) is 11.9. The molecule has 2 aromatic rings.